The topological polar surface area (TPSA) is 110 Å². The third-order valence-corrected chi connectivity index (χ3v) is 4.86. The van der Waals surface area contributed by atoms with Crippen LogP contribution in [0.25, 0.3) is 0 Å². The quantitative estimate of drug-likeness (QED) is 0.828. The van der Waals surface area contributed by atoms with Crippen molar-refractivity contribution in [1.29, 1.82) is 0 Å². The lowest BCUT2D eigenvalue weighted by molar-refractivity contribution is -0.116. The molecular weight excluding hydrogens is 354 g/mol. The van der Waals surface area contributed by atoms with E-state index < -0.39 is 15.9 Å². The Morgan fingerprint density at radius 2 is 1.69 bits per heavy atom. The van der Waals surface area contributed by atoms with Crippen LogP contribution in [0.2, 0.25) is 0 Å². The van der Waals surface area contributed by atoms with Crippen molar-refractivity contribution in [2.45, 2.75) is 18.7 Å². The lowest BCUT2D eigenvalue weighted by Gasteiger charge is -2.17. The zero-order chi connectivity index (χ0) is 19.5. The molecule has 3 N–H and O–H groups in total. The van der Waals surface area contributed by atoms with Crippen LogP contribution in [0, 0.1) is 13.8 Å². The molecule has 0 saturated heterocycles. The van der Waals surface area contributed by atoms with Crippen LogP contribution in [0.15, 0.2) is 47.4 Å². The first-order valence-electron chi connectivity index (χ1n) is 7.83. The number of sulfonamides is 1. The van der Waals surface area contributed by atoms with E-state index in [-0.39, 0.29) is 22.9 Å². The van der Waals surface area contributed by atoms with E-state index >= 15 is 0 Å². The van der Waals surface area contributed by atoms with Crippen molar-refractivity contribution in [2.24, 2.45) is 5.14 Å². The molecule has 8 heteroatoms. The highest BCUT2D eigenvalue weighted by molar-refractivity contribution is 7.89. The van der Waals surface area contributed by atoms with Crippen LogP contribution in [0.1, 0.15) is 21.5 Å². The number of rotatable bonds is 5. The largest absolute Gasteiger partial charge is 0.332 e. The second-order valence-corrected chi connectivity index (χ2v) is 7.63. The molecule has 0 radical (unpaired) electrons. The Balaban J connectivity index is 2.09. The van der Waals surface area contributed by atoms with Gasteiger partial charge in [0.1, 0.15) is 0 Å². The van der Waals surface area contributed by atoms with Crippen molar-refractivity contribution in [3.05, 3.63) is 59.2 Å². The fraction of sp³-hybridized carbons (Fsp3) is 0.222. The summed E-state index contributed by atoms with van der Waals surface area (Å²) in [5.74, 6) is -0.836. The molecule has 0 aliphatic rings. The number of nitrogens with one attached hydrogen (secondary N) is 1. The number of aryl methyl sites for hydroxylation is 2. The van der Waals surface area contributed by atoms with Gasteiger partial charge in [-0.3, -0.25) is 9.59 Å². The molecule has 0 bridgehead atoms. The van der Waals surface area contributed by atoms with Gasteiger partial charge in [-0.15, -0.1) is 0 Å². The van der Waals surface area contributed by atoms with Crippen molar-refractivity contribution in [3.8, 4) is 0 Å². The summed E-state index contributed by atoms with van der Waals surface area (Å²) >= 11 is 0. The maximum atomic E-state index is 12.5. The second-order valence-electron chi connectivity index (χ2n) is 6.10. The van der Waals surface area contributed by atoms with E-state index in [9.17, 15) is 18.0 Å². The molecular formula is C18H21N3O4S. The van der Waals surface area contributed by atoms with E-state index in [0.29, 0.717) is 11.3 Å². The summed E-state index contributed by atoms with van der Waals surface area (Å²) in [7, 11) is -2.47. The van der Waals surface area contributed by atoms with Crippen LogP contribution in [0.5, 0.6) is 0 Å². The zero-order valence-electron chi connectivity index (χ0n) is 14.8. The van der Waals surface area contributed by atoms with Crippen LogP contribution in [0.3, 0.4) is 0 Å². The normalized spacial score (nSPS) is 11.1. The van der Waals surface area contributed by atoms with E-state index in [2.05, 4.69) is 5.32 Å². The number of nitrogens with two attached hydrogens (primary N) is 1. The maximum Gasteiger partial charge on any atom is 0.254 e. The average Bonchev–Trinajstić information content (AvgIpc) is 2.55. The highest BCUT2D eigenvalue weighted by Crippen LogP contribution is 2.17. The number of carbonyl (C=O) groups excluding carboxylic acids is 2. The Morgan fingerprint density at radius 3 is 2.27 bits per heavy atom. The third kappa shape index (κ3) is 4.90. The molecule has 0 fully saturated rings. The van der Waals surface area contributed by atoms with Gasteiger partial charge in [0.05, 0.1) is 11.4 Å². The monoisotopic (exact) mass is 375 g/mol. The van der Waals surface area contributed by atoms with Crippen molar-refractivity contribution < 1.29 is 18.0 Å². The summed E-state index contributed by atoms with van der Waals surface area (Å²) in [6.45, 7) is 3.35. The van der Waals surface area contributed by atoms with Crippen molar-refractivity contribution >= 4 is 27.5 Å². The fourth-order valence-electron chi connectivity index (χ4n) is 2.38. The summed E-state index contributed by atoms with van der Waals surface area (Å²) in [5.41, 5.74) is 2.29. The van der Waals surface area contributed by atoms with E-state index in [1.54, 1.807) is 19.1 Å². The van der Waals surface area contributed by atoms with Gasteiger partial charge in [0.2, 0.25) is 15.9 Å². The van der Waals surface area contributed by atoms with Gasteiger partial charge in [0.15, 0.2) is 0 Å². The van der Waals surface area contributed by atoms with Crippen LogP contribution >= 0.6 is 0 Å². The van der Waals surface area contributed by atoms with Crippen molar-refractivity contribution in [2.75, 3.05) is 18.9 Å². The number of amides is 2. The van der Waals surface area contributed by atoms with Crippen LogP contribution in [-0.4, -0.2) is 38.7 Å². The number of carbonyl (C=O) groups is 2. The fourth-order valence-corrected chi connectivity index (χ4v) is 3.19. The predicted octanol–water partition coefficient (Wildman–Crippen LogP) is 1.66. The number of nitrogens with zero attached hydrogens (tertiary/aromatic N) is 1. The van der Waals surface area contributed by atoms with Crippen molar-refractivity contribution in [3.63, 3.8) is 0 Å². The molecule has 2 aromatic carbocycles. The summed E-state index contributed by atoms with van der Waals surface area (Å²) in [5, 5.41) is 7.87. The van der Waals surface area contributed by atoms with Crippen LogP contribution in [0.4, 0.5) is 5.69 Å². The minimum Gasteiger partial charge on any atom is -0.332 e. The SMILES string of the molecule is Cc1ccc(NC(=O)CN(C)C(=O)c2ccc(C)c(S(N)(=O)=O)c2)cc1. The predicted molar refractivity (Wildman–Crippen MR) is 99.3 cm³/mol. The molecule has 0 aliphatic heterocycles. The number of anilines is 1. The zero-order valence-corrected chi connectivity index (χ0v) is 15.6. The minimum atomic E-state index is -3.93. The van der Waals surface area contributed by atoms with E-state index in [4.69, 9.17) is 5.14 Å². The molecule has 7 nitrogen and oxygen atoms in total. The summed E-state index contributed by atoms with van der Waals surface area (Å²) in [4.78, 5) is 25.7. The molecule has 0 saturated carbocycles. The molecule has 138 valence electrons. The van der Waals surface area contributed by atoms with Gasteiger partial charge in [0, 0.05) is 18.3 Å². The molecule has 0 spiro atoms. The molecule has 0 heterocycles. The van der Waals surface area contributed by atoms with Gasteiger partial charge in [-0.1, -0.05) is 23.8 Å². The number of likely N-dealkylation sites (N-methyl/N-ethyl adjacent to an activating group) is 1. The van der Waals surface area contributed by atoms with E-state index in [1.807, 2.05) is 19.1 Å². The van der Waals surface area contributed by atoms with Gasteiger partial charge in [-0.05, 0) is 43.7 Å². The highest BCUT2D eigenvalue weighted by Gasteiger charge is 2.19. The van der Waals surface area contributed by atoms with Crippen molar-refractivity contribution in [1.82, 2.24) is 4.90 Å². The first-order valence-corrected chi connectivity index (χ1v) is 9.38. The van der Waals surface area contributed by atoms with E-state index in [1.165, 1.54) is 30.1 Å². The Bertz CT molecular complexity index is 937. The average molecular weight is 375 g/mol. The molecule has 0 aliphatic carbocycles. The first kappa shape index (κ1) is 19.6. The second kappa shape index (κ2) is 7.67. The Kier molecular flexibility index (Phi) is 5.79. The van der Waals surface area contributed by atoms with E-state index in [0.717, 1.165) is 5.56 Å². The number of benzene rings is 2. The molecule has 2 amide bonds. The Morgan fingerprint density at radius 1 is 1.08 bits per heavy atom. The molecule has 2 rings (SSSR count). The maximum absolute atomic E-state index is 12.5. The summed E-state index contributed by atoms with van der Waals surface area (Å²) in [6.07, 6.45) is 0. The standard InChI is InChI=1S/C18H21N3O4S/c1-12-4-8-15(9-5-12)20-17(22)11-21(3)18(23)14-7-6-13(2)16(10-14)26(19,24)25/h4-10H,11H2,1-3H3,(H,20,22)(H2,19,24,25). The smallest absolute Gasteiger partial charge is 0.254 e. The third-order valence-electron chi connectivity index (χ3n) is 3.80. The van der Waals surface area contributed by atoms with Crippen LogP contribution < -0.4 is 10.5 Å². The molecule has 0 atom stereocenters. The van der Waals surface area contributed by atoms with Gasteiger partial charge >= 0.3 is 0 Å². The molecule has 2 aromatic rings. The Hall–Kier alpha value is -2.71. The van der Waals surface area contributed by atoms with Gasteiger partial charge in [-0.25, -0.2) is 13.6 Å². The number of primary sulfonamides is 1. The highest BCUT2D eigenvalue weighted by atomic mass is 32.2. The first-order chi connectivity index (χ1) is 12.1. The molecule has 0 aromatic heterocycles. The molecule has 26 heavy (non-hydrogen) atoms. The lowest BCUT2D eigenvalue weighted by Crippen LogP contribution is -2.35. The number of hydrogen-bond acceptors (Lipinski definition) is 4. The summed E-state index contributed by atoms with van der Waals surface area (Å²) in [6, 6.07) is 11.5. The van der Waals surface area contributed by atoms with Gasteiger partial charge in [0.25, 0.3) is 5.91 Å². The lowest BCUT2D eigenvalue weighted by atomic mass is 10.1. The van der Waals surface area contributed by atoms with Crippen LogP contribution in [-0.2, 0) is 14.8 Å². The molecule has 0 unspecified atom stereocenters. The van der Waals surface area contributed by atoms with Gasteiger partial charge in [-0.2, -0.15) is 0 Å². The minimum absolute atomic E-state index is 0.110. The van der Waals surface area contributed by atoms with Gasteiger partial charge < -0.3 is 10.2 Å². The summed E-state index contributed by atoms with van der Waals surface area (Å²) < 4.78 is 23.2. The number of hydrogen-bond donors (Lipinski definition) is 2. The Labute approximate surface area is 152 Å².